The molecule has 0 aromatic rings. The Morgan fingerprint density at radius 2 is 1.38 bits per heavy atom. The molecule has 0 aromatic carbocycles. The van der Waals surface area contributed by atoms with Gasteiger partial charge in [0.1, 0.15) is 6.10 Å². The molecule has 0 aliphatic carbocycles. The van der Waals surface area contributed by atoms with E-state index in [9.17, 15) is 9.90 Å². The van der Waals surface area contributed by atoms with Crippen molar-refractivity contribution in [1.82, 2.24) is 0 Å². The van der Waals surface area contributed by atoms with E-state index in [1.165, 1.54) is 51.4 Å². The predicted molar refractivity (Wildman–Crippen MR) is 99.2 cm³/mol. The molecule has 0 rings (SSSR count). The number of ether oxygens (including phenoxy) is 2. The highest BCUT2D eigenvalue weighted by Crippen LogP contribution is 2.09. The van der Waals surface area contributed by atoms with E-state index in [0.717, 1.165) is 25.7 Å². The molecule has 24 heavy (non-hydrogen) atoms. The van der Waals surface area contributed by atoms with Crippen LogP contribution in [-0.2, 0) is 14.3 Å². The van der Waals surface area contributed by atoms with Crippen molar-refractivity contribution in [1.29, 1.82) is 0 Å². The third-order valence-electron chi connectivity index (χ3n) is 4.18. The van der Waals surface area contributed by atoms with Crippen molar-refractivity contribution < 1.29 is 19.4 Å². The maximum Gasteiger partial charge on any atom is 0.306 e. The fraction of sp³-hybridized carbons (Fsp3) is 0.950. The van der Waals surface area contributed by atoms with Crippen LogP contribution in [0.15, 0.2) is 0 Å². The van der Waals surface area contributed by atoms with Crippen LogP contribution in [0.1, 0.15) is 97.3 Å². The van der Waals surface area contributed by atoms with Crippen LogP contribution in [0.3, 0.4) is 0 Å². The molecule has 0 saturated heterocycles. The van der Waals surface area contributed by atoms with Crippen molar-refractivity contribution in [2.45, 2.75) is 103 Å². The molecule has 0 radical (unpaired) electrons. The molecule has 1 N–H and O–H groups in total. The van der Waals surface area contributed by atoms with Gasteiger partial charge in [-0.05, 0) is 12.8 Å². The molecule has 0 bridgehead atoms. The summed E-state index contributed by atoms with van der Waals surface area (Å²) in [5.41, 5.74) is 0. The molecule has 1 unspecified atom stereocenters. The predicted octanol–water partition coefficient (Wildman–Crippen LogP) is 5.02. The quantitative estimate of drug-likeness (QED) is 0.280. The van der Waals surface area contributed by atoms with Crippen LogP contribution in [0.5, 0.6) is 0 Å². The van der Waals surface area contributed by atoms with Crippen molar-refractivity contribution in [2.75, 3.05) is 19.8 Å². The standard InChI is InChI=1S/C20H40O4/c1-3-5-7-8-9-10-11-12-14-16-23-18-19(17-21)24-20(22)15-13-6-4-2/h19,21H,3-18H2,1-2H3. The molecule has 0 aromatic heterocycles. The fourth-order valence-electron chi connectivity index (χ4n) is 2.62. The number of rotatable bonds is 18. The van der Waals surface area contributed by atoms with Crippen molar-refractivity contribution in [3.8, 4) is 0 Å². The third-order valence-corrected chi connectivity index (χ3v) is 4.18. The van der Waals surface area contributed by atoms with Gasteiger partial charge in [0.15, 0.2) is 0 Å². The number of esters is 1. The Kier molecular flexibility index (Phi) is 18.2. The van der Waals surface area contributed by atoms with Gasteiger partial charge < -0.3 is 14.6 Å². The van der Waals surface area contributed by atoms with Crippen LogP contribution >= 0.6 is 0 Å². The number of hydrogen-bond donors (Lipinski definition) is 1. The van der Waals surface area contributed by atoms with E-state index in [4.69, 9.17) is 9.47 Å². The van der Waals surface area contributed by atoms with Crippen LogP contribution < -0.4 is 0 Å². The van der Waals surface area contributed by atoms with E-state index in [1.807, 2.05) is 0 Å². The summed E-state index contributed by atoms with van der Waals surface area (Å²) in [6.45, 7) is 5.15. The zero-order valence-corrected chi connectivity index (χ0v) is 16.1. The minimum Gasteiger partial charge on any atom is -0.457 e. The summed E-state index contributed by atoms with van der Waals surface area (Å²) in [6, 6.07) is 0. The molecule has 0 saturated carbocycles. The highest BCUT2D eigenvalue weighted by molar-refractivity contribution is 5.69. The summed E-state index contributed by atoms with van der Waals surface area (Å²) in [4.78, 5) is 11.6. The van der Waals surface area contributed by atoms with Crippen LogP contribution in [0.4, 0.5) is 0 Å². The summed E-state index contributed by atoms with van der Waals surface area (Å²) < 4.78 is 10.8. The molecule has 0 aliphatic rings. The monoisotopic (exact) mass is 344 g/mol. The first kappa shape index (κ1) is 23.4. The van der Waals surface area contributed by atoms with Gasteiger partial charge in [-0.15, -0.1) is 0 Å². The largest absolute Gasteiger partial charge is 0.457 e. The average molecular weight is 345 g/mol. The lowest BCUT2D eigenvalue weighted by atomic mass is 10.1. The minimum absolute atomic E-state index is 0.169. The summed E-state index contributed by atoms with van der Waals surface area (Å²) in [6.07, 6.45) is 14.5. The second-order valence-corrected chi connectivity index (χ2v) is 6.65. The minimum atomic E-state index is -0.516. The summed E-state index contributed by atoms with van der Waals surface area (Å²) in [7, 11) is 0. The molecule has 0 aliphatic heterocycles. The van der Waals surface area contributed by atoms with Crippen LogP contribution in [0, 0.1) is 0 Å². The van der Waals surface area contributed by atoms with E-state index in [-0.39, 0.29) is 12.6 Å². The van der Waals surface area contributed by atoms with Crippen molar-refractivity contribution in [2.24, 2.45) is 0 Å². The Morgan fingerprint density at radius 1 is 0.833 bits per heavy atom. The summed E-state index contributed by atoms with van der Waals surface area (Å²) in [5.74, 6) is -0.228. The third kappa shape index (κ3) is 16.3. The van der Waals surface area contributed by atoms with Crippen molar-refractivity contribution >= 4 is 5.97 Å². The molecular weight excluding hydrogens is 304 g/mol. The van der Waals surface area contributed by atoms with Gasteiger partial charge in [0.05, 0.1) is 13.2 Å². The Hall–Kier alpha value is -0.610. The maximum atomic E-state index is 11.6. The highest BCUT2D eigenvalue weighted by atomic mass is 16.6. The SMILES string of the molecule is CCCCCCCCCCCOCC(CO)OC(=O)CCCCC. The Bertz CT molecular complexity index is 268. The second-order valence-electron chi connectivity index (χ2n) is 6.65. The Labute approximate surface area is 149 Å². The number of aliphatic hydroxyl groups excluding tert-OH is 1. The Balaban J connectivity index is 3.41. The average Bonchev–Trinajstić information content (AvgIpc) is 2.58. The van der Waals surface area contributed by atoms with Gasteiger partial charge in [0, 0.05) is 13.0 Å². The van der Waals surface area contributed by atoms with Gasteiger partial charge in [0.25, 0.3) is 0 Å². The lowest BCUT2D eigenvalue weighted by Crippen LogP contribution is -2.27. The Morgan fingerprint density at radius 3 is 1.96 bits per heavy atom. The zero-order chi connectivity index (χ0) is 17.9. The topological polar surface area (TPSA) is 55.8 Å². The molecule has 0 fully saturated rings. The van der Waals surface area contributed by atoms with E-state index in [2.05, 4.69) is 13.8 Å². The molecule has 1 atom stereocenters. The van der Waals surface area contributed by atoms with Crippen LogP contribution in [0.25, 0.3) is 0 Å². The van der Waals surface area contributed by atoms with E-state index in [0.29, 0.717) is 19.6 Å². The molecule has 0 heterocycles. The highest BCUT2D eigenvalue weighted by Gasteiger charge is 2.13. The summed E-state index contributed by atoms with van der Waals surface area (Å²) in [5, 5.41) is 9.25. The fourth-order valence-corrected chi connectivity index (χ4v) is 2.62. The molecule has 0 spiro atoms. The van der Waals surface area contributed by atoms with Gasteiger partial charge in [-0.3, -0.25) is 4.79 Å². The number of aliphatic hydroxyl groups is 1. The van der Waals surface area contributed by atoms with Gasteiger partial charge in [0.2, 0.25) is 0 Å². The normalized spacial score (nSPS) is 12.3. The first-order valence-corrected chi connectivity index (χ1v) is 10.1. The van der Waals surface area contributed by atoms with E-state index in [1.54, 1.807) is 0 Å². The van der Waals surface area contributed by atoms with E-state index < -0.39 is 6.10 Å². The number of carbonyl (C=O) groups is 1. The van der Waals surface area contributed by atoms with E-state index >= 15 is 0 Å². The van der Waals surface area contributed by atoms with Gasteiger partial charge in [-0.2, -0.15) is 0 Å². The summed E-state index contributed by atoms with van der Waals surface area (Å²) >= 11 is 0. The van der Waals surface area contributed by atoms with Gasteiger partial charge in [-0.1, -0.05) is 78.1 Å². The molecular formula is C20H40O4. The lowest BCUT2D eigenvalue weighted by Gasteiger charge is -2.15. The lowest BCUT2D eigenvalue weighted by molar-refractivity contribution is -0.154. The first-order valence-electron chi connectivity index (χ1n) is 10.1. The number of hydrogen-bond acceptors (Lipinski definition) is 4. The smallest absolute Gasteiger partial charge is 0.306 e. The molecule has 144 valence electrons. The zero-order valence-electron chi connectivity index (χ0n) is 16.1. The van der Waals surface area contributed by atoms with Gasteiger partial charge in [-0.25, -0.2) is 0 Å². The molecule has 0 amide bonds. The van der Waals surface area contributed by atoms with Crippen molar-refractivity contribution in [3.05, 3.63) is 0 Å². The van der Waals surface area contributed by atoms with Gasteiger partial charge >= 0.3 is 5.97 Å². The number of carbonyl (C=O) groups excluding carboxylic acids is 1. The van der Waals surface area contributed by atoms with Crippen molar-refractivity contribution in [3.63, 3.8) is 0 Å². The molecule has 4 heteroatoms. The molecule has 4 nitrogen and oxygen atoms in total. The second kappa shape index (κ2) is 18.7. The maximum absolute atomic E-state index is 11.6. The number of unbranched alkanes of at least 4 members (excludes halogenated alkanes) is 10. The van der Waals surface area contributed by atoms with Crippen LogP contribution in [0.2, 0.25) is 0 Å². The first-order chi connectivity index (χ1) is 11.7. The van der Waals surface area contributed by atoms with Crippen LogP contribution in [-0.4, -0.2) is 37.0 Å².